The first-order valence-electron chi connectivity index (χ1n) is 12.9. The van der Waals surface area contributed by atoms with Crippen LogP contribution in [0.1, 0.15) is 86.5 Å². The first-order valence-corrected chi connectivity index (χ1v) is 12.9. The lowest BCUT2D eigenvalue weighted by Gasteiger charge is -2.57. The highest BCUT2D eigenvalue weighted by atomic mass is 16.5. The van der Waals surface area contributed by atoms with Gasteiger partial charge in [0.2, 0.25) is 5.91 Å². The maximum Gasteiger partial charge on any atom is 0.333 e. The molecule has 4 rings (SSSR count). The Bertz CT molecular complexity index is 832. The van der Waals surface area contributed by atoms with Crippen molar-refractivity contribution in [1.29, 1.82) is 0 Å². The van der Waals surface area contributed by atoms with Crippen LogP contribution >= 0.6 is 0 Å². The minimum Gasteiger partial charge on any atom is -0.466 e. The second-order valence-corrected chi connectivity index (χ2v) is 12.0. The summed E-state index contributed by atoms with van der Waals surface area (Å²) in [5.41, 5.74) is 2.44. The smallest absolute Gasteiger partial charge is 0.333 e. The Morgan fingerprint density at radius 2 is 1.72 bits per heavy atom. The van der Waals surface area contributed by atoms with Crippen molar-refractivity contribution in [3.05, 3.63) is 23.3 Å². The van der Waals surface area contributed by atoms with Crippen molar-refractivity contribution < 1.29 is 14.3 Å². The van der Waals surface area contributed by atoms with Gasteiger partial charge in [0.05, 0.1) is 7.11 Å². The number of fused-ring (bicyclic) bond motifs is 5. The molecule has 4 heteroatoms. The second-order valence-electron chi connectivity index (χ2n) is 12.0. The van der Waals surface area contributed by atoms with Crippen molar-refractivity contribution in [3.8, 4) is 0 Å². The number of ether oxygens (including phenoxy) is 1. The van der Waals surface area contributed by atoms with Gasteiger partial charge in [-0.1, -0.05) is 19.9 Å². The Labute approximate surface area is 194 Å². The largest absolute Gasteiger partial charge is 0.466 e. The van der Waals surface area contributed by atoms with Crippen LogP contribution in [0.5, 0.6) is 0 Å². The number of nitrogens with zero attached hydrogens (tertiary/aromatic N) is 1. The number of esters is 1. The number of carbonyl (C=O) groups is 2. The first-order chi connectivity index (χ1) is 15.0. The van der Waals surface area contributed by atoms with Crippen molar-refractivity contribution >= 4 is 11.9 Å². The summed E-state index contributed by atoms with van der Waals surface area (Å²) in [6.45, 7) is 13.5. The van der Waals surface area contributed by atoms with Crippen LogP contribution in [0.15, 0.2) is 23.3 Å². The van der Waals surface area contributed by atoms with E-state index in [1.54, 1.807) is 0 Å². The van der Waals surface area contributed by atoms with Gasteiger partial charge in [-0.25, -0.2) is 4.79 Å². The Hall–Kier alpha value is -1.58. The van der Waals surface area contributed by atoms with Gasteiger partial charge in [0, 0.05) is 23.6 Å². The number of rotatable bonds is 4. The third-order valence-corrected chi connectivity index (χ3v) is 9.88. The predicted octanol–water partition coefficient (Wildman–Crippen LogP) is 5.92. The minimum atomic E-state index is -0.178. The summed E-state index contributed by atoms with van der Waals surface area (Å²) in [5, 5.41) is 0. The van der Waals surface area contributed by atoms with Crippen molar-refractivity contribution in [2.75, 3.05) is 7.11 Å². The van der Waals surface area contributed by atoms with E-state index >= 15 is 0 Å². The van der Waals surface area contributed by atoms with E-state index in [9.17, 15) is 9.59 Å². The van der Waals surface area contributed by atoms with E-state index in [1.165, 1.54) is 25.5 Å². The van der Waals surface area contributed by atoms with E-state index in [2.05, 4.69) is 58.6 Å². The number of carbonyl (C=O) groups excluding carboxylic acids is 2. The Balaban J connectivity index is 1.60. The topological polar surface area (TPSA) is 46.6 Å². The van der Waals surface area contributed by atoms with Crippen LogP contribution in [0.2, 0.25) is 0 Å². The molecule has 32 heavy (non-hydrogen) atoms. The highest BCUT2D eigenvalue weighted by Crippen LogP contribution is 2.66. The summed E-state index contributed by atoms with van der Waals surface area (Å²) in [7, 11) is 1.47. The van der Waals surface area contributed by atoms with Crippen molar-refractivity contribution in [2.24, 2.45) is 34.5 Å². The molecule has 4 nitrogen and oxygen atoms in total. The van der Waals surface area contributed by atoms with Gasteiger partial charge < -0.3 is 9.64 Å². The van der Waals surface area contributed by atoms with E-state index in [4.69, 9.17) is 4.74 Å². The second kappa shape index (κ2) is 8.33. The Morgan fingerprint density at radius 3 is 2.34 bits per heavy atom. The molecule has 2 fully saturated rings. The fraction of sp³-hybridized carbons (Fsp3) is 0.786. The van der Waals surface area contributed by atoms with Crippen LogP contribution in [0, 0.1) is 34.5 Å². The van der Waals surface area contributed by atoms with Crippen molar-refractivity contribution in [1.82, 2.24) is 4.90 Å². The van der Waals surface area contributed by atoms with Gasteiger partial charge in [-0.05, 0) is 113 Å². The fourth-order valence-electron chi connectivity index (χ4n) is 8.31. The molecule has 0 aromatic heterocycles. The number of hydrogen-bond donors (Lipinski definition) is 0. The summed E-state index contributed by atoms with van der Waals surface area (Å²) in [6.07, 6.45) is 12.0. The van der Waals surface area contributed by atoms with Crippen molar-refractivity contribution in [3.63, 3.8) is 0 Å². The van der Waals surface area contributed by atoms with Gasteiger partial charge in [0.15, 0.2) is 0 Å². The molecule has 4 aliphatic rings. The third kappa shape index (κ3) is 3.47. The van der Waals surface area contributed by atoms with E-state index < -0.39 is 0 Å². The molecule has 0 bridgehead atoms. The fourth-order valence-corrected chi connectivity index (χ4v) is 8.31. The summed E-state index contributed by atoms with van der Waals surface area (Å²) < 4.78 is 5.00. The normalized spacial score (nSPS) is 38.4. The molecule has 178 valence electrons. The molecule has 0 radical (unpaired) electrons. The van der Waals surface area contributed by atoms with Crippen LogP contribution in [0.3, 0.4) is 0 Å². The SMILES string of the molecule is COC(=O)C1=CC2=CC[C@@H]3[C@@H](CC[C@]4(C)C(C(=O)N(C(C)C)C(C)C)CC[C@@H]34)[C@@]2(C)CC1. The van der Waals surface area contributed by atoms with Gasteiger partial charge in [0.25, 0.3) is 0 Å². The molecular formula is C28H43NO3. The zero-order valence-corrected chi connectivity index (χ0v) is 21.2. The highest BCUT2D eigenvalue weighted by molar-refractivity contribution is 5.89. The van der Waals surface area contributed by atoms with Gasteiger partial charge in [-0.3, -0.25) is 4.79 Å². The molecule has 1 amide bonds. The van der Waals surface area contributed by atoms with Gasteiger partial charge in [0.1, 0.15) is 0 Å². The predicted molar refractivity (Wildman–Crippen MR) is 128 cm³/mol. The molecule has 4 aliphatic carbocycles. The van der Waals surface area contributed by atoms with Crippen molar-refractivity contribution in [2.45, 2.75) is 98.6 Å². The number of allylic oxidation sites excluding steroid dienone is 3. The van der Waals surface area contributed by atoms with E-state index in [0.717, 1.165) is 37.7 Å². The minimum absolute atomic E-state index is 0.115. The summed E-state index contributed by atoms with van der Waals surface area (Å²) in [5.74, 6) is 2.30. The van der Waals surface area contributed by atoms with Gasteiger partial charge in [-0.2, -0.15) is 0 Å². The molecule has 0 saturated heterocycles. The Kier molecular flexibility index (Phi) is 6.13. The maximum absolute atomic E-state index is 13.7. The van der Waals surface area contributed by atoms with Crippen LogP contribution < -0.4 is 0 Å². The quantitative estimate of drug-likeness (QED) is 0.509. The Morgan fingerprint density at radius 1 is 1.03 bits per heavy atom. The molecule has 0 heterocycles. The number of amides is 1. The summed E-state index contributed by atoms with van der Waals surface area (Å²) in [6, 6.07) is 0.497. The molecule has 2 saturated carbocycles. The zero-order chi connectivity index (χ0) is 23.4. The first kappa shape index (κ1) is 23.6. The van der Waals surface area contributed by atoms with Crippen LogP contribution in [-0.2, 0) is 14.3 Å². The number of methoxy groups -OCH3 is 1. The summed E-state index contributed by atoms with van der Waals surface area (Å²) in [4.78, 5) is 28.0. The lowest BCUT2D eigenvalue weighted by Crippen LogP contribution is -2.53. The molecule has 1 unspecified atom stereocenters. The van der Waals surface area contributed by atoms with Crippen LogP contribution in [0.4, 0.5) is 0 Å². The third-order valence-electron chi connectivity index (χ3n) is 9.88. The standard InChI is InChI=1S/C28H43NO3/c1-17(2)29(18(3)4)25(30)24-11-10-22-21-9-8-20-16-19(26(31)32-7)12-14-27(20,5)23(21)13-15-28(22,24)6/h8,16-18,21-24H,9-15H2,1-7H3/t21-,22-,23+,24?,27-,28-/m0/s1. The molecule has 0 spiro atoms. The maximum atomic E-state index is 13.7. The summed E-state index contributed by atoms with van der Waals surface area (Å²) >= 11 is 0. The van der Waals surface area contributed by atoms with Crippen LogP contribution in [-0.4, -0.2) is 36.0 Å². The zero-order valence-electron chi connectivity index (χ0n) is 21.2. The lowest BCUT2D eigenvalue weighted by molar-refractivity contribution is -0.146. The van der Waals surface area contributed by atoms with E-state index in [1.807, 2.05) is 0 Å². The molecule has 0 aromatic carbocycles. The molecular weight excluding hydrogens is 398 g/mol. The highest BCUT2D eigenvalue weighted by Gasteiger charge is 2.60. The average molecular weight is 442 g/mol. The van der Waals surface area contributed by atoms with E-state index in [-0.39, 0.29) is 34.8 Å². The van der Waals surface area contributed by atoms with Gasteiger partial charge in [-0.15, -0.1) is 0 Å². The molecule has 6 atom stereocenters. The average Bonchev–Trinajstić information content (AvgIpc) is 3.09. The van der Waals surface area contributed by atoms with Gasteiger partial charge >= 0.3 is 5.97 Å². The monoisotopic (exact) mass is 441 g/mol. The molecule has 0 aromatic rings. The number of hydrogen-bond acceptors (Lipinski definition) is 3. The molecule has 0 N–H and O–H groups in total. The van der Waals surface area contributed by atoms with Crippen LogP contribution in [0.25, 0.3) is 0 Å². The van der Waals surface area contributed by atoms with E-state index in [0.29, 0.717) is 23.7 Å². The lowest BCUT2D eigenvalue weighted by atomic mass is 9.48. The molecule has 0 aliphatic heterocycles.